The maximum Gasteiger partial charge on any atom is 0.331 e. The van der Waals surface area contributed by atoms with Gasteiger partial charge >= 0.3 is 5.69 Å². The van der Waals surface area contributed by atoms with Gasteiger partial charge in [-0.25, -0.2) is 4.79 Å². The van der Waals surface area contributed by atoms with E-state index in [-0.39, 0.29) is 24.0 Å². The molecule has 4 aromatic rings. The number of ether oxygens (including phenoxy) is 1. The van der Waals surface area contributed by atoms with Crippen molar-refractivity contribution >= 4 is 10.9 Å². The van der Waals surface area contributed by atoms with E-state index < -0.39 is 17.3 Å². The Morgan fingerprint density at radius 3 is 2.58 bits per heavy atom. The van der Waals surface area contributed by atoms with Crippen molar-refractivity contribution in [1.29, 1.82) is 0 Å². The molecule has 8 nitrogen and oxygen atoms in total. The molecule has 1 aliphatic rings. The lowest BCUT2D eigenvalue weighted by Crippen LogP contribution is -2.43. The summed E-state index contributed by atoms with van der Waals surface area (Å²) in [7, 11) is 1.58. The predicted octanol–water partition coefficient (Wildman–Crippen LogP) is 2.79. The minimum Gasteiger partial charge on any atom is -0.497 e. The fourth-order valence-electron chi connectivity index (χ4n) is 4.70. The Balaban J connectivity index is 1.64. The van der Waals surface area contributed by atoms with Crippen LogP contribution in [0.15, 0.2) is 58.1 Å². The number of methoxy groups -OCH3 is 1. The van der Waals surface area contributed by atoms with Gasteiger partial charge < -0.3 is 20.1 Å². The molecule has 1 aliphatic heterocycles. The van der Waals surface area contributed by atoms with Crippen molar-refractivity contribution in [3.63, 3.8) is 0 Å². The molecule has 0 spiro atoms. The van der Waals surface area contributed by atoms with E-state index in [1.807, 2.05) is 30.3 Å². The summed E-state index contributed by atoms with van der Waals surface area (Å²) in [6.45, 7) is 2.20. The minimum atomic E-state index is -0.656. The molecule has 0 unspecified atom stereocenters. The zero-order chi connectivity index (χ0) is 23.1. The number of nitrogens with zero attached hydrogens (tertiary/aromatic N) is 1. The van der Waals surface area contributed by atoms with Gasteiger partial charge in [0.2, 0.25) is 5.88 Å². The Bertz CT molecular complexity index is 1430. The second-order valence-electron chi connectivity index (χ2n) is 8.40. The lowest BCUT2D eigenvalue weighted by atomic mass is 9.90. The molecule has 5 rings (SSSR count). The van der Waals surface area contributed by atoms with Crippen LogP contribution in [0.3, 0.4) is 0 Å². The average molecular weight is 447 g/mol. The second-order valence-corrected chi connectivity index (χ2v) is 8.40. The molecule has 0 fully saturated rings. The monoisotopic (exact) mass is 446 g/mol. The highest BCUT2D eigenvalue weighted by molar-refractivity contribution is 5.85. The van der Waals surface area contributed by atoms with Gasteiger partial charge in [0.05, 0.1) is 19.7 Å². The summed E-state index contributed by atoms with van der Waals surface area (Å²) in [5.74, 6) is 0.360. The number of rotatable bonds is 5. The molecular weight excluding hydrogens is 420 g/mol. The van der Waals surface area contributed by atoms with E-state index in [0.29, 0.717) is 5.75 Å². The highest BCUT2D eigenvalue weighted by atomic mass is 16.5. The quantitative estimate of drug-likeness (QED) is 0.377. The first-order chi connectivity index (χ1) is 16.0. The van der Waals surface area contributed by atoms with Crippen LogP contribution in [0.4, 0.5) is 0 Å². The topological polar surface area (TPSA) is 112 Å². The molecule has 0 radical (unpaired) electrons. The van der Waals surface area contributed by atoms with Crippen molar-refractivity contribution in [2.24, 2.45) is 0 Å². The SMILES string of the molecule is CC[C@@H]1Cc2c([nH]c3ccccc23)[C@@H](c2c(O)n(Cc3ccc(OC)cc3)c(=O)[nH]c2=O)N1. The molecule has 33 heavy (non-hydrogen) atoms. The van der Waals surface area contributed by atoms with Gasteiger partial charge in [-0.3, -0.25) is 14.3 Å². The predicted molar refractivity (Wildman–Crippen MR) is 126 cm³/mol. The number of aromatic amines is 2. The van der Waals surface area contributed by atoms with Crippen molar-refractivity contribution in [1.82, 2.24) is 19.9 Å². The molecule has 8 heteroatoms. The van der Waals surface area contributed by atoms with Crippen molar-refractivity contribution in [3.8, 4) is 11.6 Å². The number of nitrogens with one attached hydrogen (secondary N) is 3. The number of aromatic hydroxyl groups is 1. The van der Waals surface area contributed by atoms with Crippen LogP contribution >= 0.6 is 0 Å². The molecule has 0 saturated heterocycles. The van der Waals surface area contributed by atoms with Crippen molar-refractivity contribution < 1.29 is 9.84 Å². The van der Waals surface area contributed by atoms with E-state index in [4.69, 9.17) is 4.74 Å². The van der Waals surface area contributed by atoms with Crippen molar-refractivity contribution in [2.75, 3.05) is 7.11 Å². The van der Waals surface area contributed by atoms with E-state index in [9.17, 15) is 14.7 Å². The molecule has 2 aromatic carbocycles. The lowest BCUT2D eigenvalue weighted by Gasteiger charge is -2.31. The van der Waals surface area contributed by atoms with Gasteiger partial charge in [-0.2, -0.15) is 0 Å². The van der Waals surface area contributed by atoms with Crippen LogP contribution in [0.5, 0.6) is 11.6 Å². The molecule has 2 atom stereocenters. The number of fused-ring (bicyclic) bond motifs is 3. The first-order valence-corrected chi connectivity index (χ1v) is 11.0. The Morgan fingerprint density at radius 2 is 1.85 bits per heavy atom. The highest BCUT2D eigenvalue weighted by Gasteiger charge is 2.34. The molecule has 170 valence electrons. The van der Waals surface area contributed by atoms with Gasteiger partial charge in [-0.05, 0) is 42.2 Å². The molecule has 4 N–H and O–H groups in total. The van der Waals surface area contributed by atoms with E-state index >= 15 is 0 Å². The Morgan fingerprint density at radius 1 is 1.09 bits per heavy atom. The molecule has 0 bridgehead atoms. The van der Waals surface area contributed by atoms with Crippen molar-refractivity contribution in [3.05, 3.63) is 91.8 Å². The van der Waals surface area contributed by atoms with Crippen LogP contribution in [0.1, 0.15) is 41.8 Å². The smallest absolute Gasteiger partial charge is 0.331 e. The first kappa shape index (κ1) is 21.1. The van der Waals surface area contributed by atoms with Gasteiger partial charge in [-0.15, -0.1) is 0 Å². The largest absolute Gasteiger partial charge is 0.497 e. The van der Waals surface area contributed by atoms with Gasteiger partial charge in [0.1, 0.15) is 11.3 Å². The zero-order valence-corrected chi connectivity index (χ0v) is 18.5. The van der Waals surface area contributed by atoms with E-state index in [2.05, 4.69) is 28.3 Å². The number of hydrogen-bond donors (Lipinski definition) is 4. The number of aromatic nitrogens is 3. The van der Waals surface area contributed by atoms with E-state index in [0.717, 1.165) is 40.6 Å². The zero-order valence-electron chi connectivity index (χ0n) is 18.5. The maximum atomic E-state index is 13.0. The van der Waals surface area contributed by atoms with Crippen LogP contribution in [0, 0.1) is 0 Å². The van der Waals surface area contributed by atoms with Gasteiger partial charge in [0, 0.05) is 22.6 Å². The Labute approximate surface area is 189 Å². The number of para-hydroxylation sites is 1. The average Bonchev–Trinajstić information content (AvgIpc) is 3.20. The molecule has 3 heterocycles. The number of H-pyrrole nitrogens is 2. The molecular formula is C25H26N4O4. The summed E-state index contributed by atoms with van der Waals surface area (Å²) in [4.78, 5) is 31.4. The second kappa shape index (κ2) is 8.29. The third kappa shape index (κ3) is 3.62. The first-order valence-electron chi connectivity index (χ1n) is 11.0. The summed E-state index contributed by atoms with van der Waals surface area (Å²) >= 11 is 0. The van der Waals surface area contributed by atoms with Gasteiger partial charge in [0.25, 0.3) is 5.56 Å². The summed E-state index contributed by atoms with van der Waals surface area (Å²) in [6.07, 6.45) is 1.68. The lowest BCUT2D eigenvalue weighted by molar-refractivity contribution is 0.372. The standard InChI is InChI=1S/C25H26N4O4/c1-3-15-12-18-17-6-4-5-7-19(17)27-21(18)22(26-15)20-23(30)28-25(32)29(24(20)31)13-14-8-10-16(33-2)11-9-14/h4-11,15,22,26-27,31H,3,12-13H2,1-2H3,(H,28,30,32)/t15-,22-/m1/s1. The fourth-order valence-corrected chi connectivity index (χ4v) is 4.70. The van der Waals surface area contributed by atoms with Crippen LogP contribution < -0.4 is 21.3 Å². The molecule has 0 saturated carbocycles. The highest BCUT2D eigenvalue weighted by Crippen LogP contribution is 2.36. The molecule has 2 aromatic heterocycles. The Hall–Kier alpha value is -3.78. The van der Waals surface area contributed by atoms with Crippen LogP contribution in [-0.4, -0.2) is 32.8 Å². The van der Waals surface area contributed by atoms with Gasteiger partial charge in [-0.1, -0.05) is 37.3 Å². The van der Waals surface area contributed by atoms with Crippen LogP contribution in [0.2, 0.25) is 0 Å². The van der Waals surface area contributed by atoms with Crippen LogP contribution in [0.25, 0.3) is 10.9 Å². The normalized spacial score (nSPS) is 17.8. The van der Waals surface area contributed by atoms with Gasteiger partial charge in [0.15, 0.2) is 0 Å². The van der Waals surface area contributed by atoms with E-state index in [1.165, 1.54) is 4.57 Å². The molecule has 0 amide bonds. The molecule has 0 aliphatic carbocycles. The Kier molecular flexibility index (Phi) is 5.30. The third-order valence-corrected chi connectivity index (χ3v) is 6.48. The summed E-state index contributed by atoms with van der Waals surface area (Å²) in [6, 6.07) is 14.8. The third-order valence-electron chi connectivity index (χ3n) is 6.48. The van der Waals surface area contributed by atoms with Crippen LogP contribution in [-0.2, 0) is 13.0 Å². The minimum absolute atomic E-state index is 0.113. The maximum absolute atomic E-state index is 13.0. The summed E-state index contributed by atoms with van der Waals surface area (Å²) in [5.41, 5.74) is 2.63. The van der Waals surface area contributed by atoms with Crippen molar-refractivity contribution in [2.45, 2.75) is 38.4 Å². The summed E-state index contributed by atoms with van der Waals surface area (Å²) in [5, 5.41) is 15.8. The summed E-state index contributed by atoms with van der Waals surface area (Å²) < 4.78 is 6.38. The fraction of sp³-hybridized carbons (Fsp3) is 0.280. The number of benzene rings is 2. The van der Waals surface area contributed by atoms with E-state index in [1.54, 1.807) is 19.2 Å². The number of hydrogen-bond acceptors (Lipinski definition) is 5.